The molecular formula is C52H51NO12. The van der Waals surface area contributed by atoms with E-state index >= 15 is 0 Å². The molecule has 13 heteroatoms. The van der Waals surface area contributed by atoms with Crippen LogP contribution in [0.15, 0.2) is 153 Å². The SMILES string of the molecule is C=CC(=O)OCCOC(=O)CCC(=O)OC(C)c1ccc(-c2ccc(N(c3ccccc3)c3ccc(-c4ccc(C(C)OC(=O)CCC(=O)OCCOC(=O)C=C)cc4)cc3)cc2)cc1. The highest BCUT2D eigenvalue weighted by Crippen LogP contribution is 2.37. The van der Waals surface area contributed by atoms with Crippen LogP contribution in [0.4, 0.5) is 17.1 Å². The second-order valence-electron chi connectivity index (χ2n) is 14.5. The summed E-state index contributed by atoms with van der Waals surface area (Å²) in [5.74, 6) is -3.49. The quantitative estimate of drug-likeness (QED) is 0.0264. The second-order valence-corrected chi connectivity index (χ2v) is 14.5. The normalized spacial score (nSPS) is 11.5. The summed E-state index contributed by atoms with van der Waals surface area (Å²) in [6.45, 7) is 9.68. The summed E-state index contributed by atoms with van der Waals surface area (Å²) in [5, 5.41) is 0. The van der Waals surface area contributed by atoms with Crippen LogP contribution in [0.25, 0.3) is 22.3 Å². The molecule has 2 unspecified atom stereocenters. The van der Waals surface area contributed by atoms with Crippen LogP contribution in [0.5, 0.6) is 0 Å². The summed E-state index contributed by atoms with van der Waals surface area (Å²) < 4.78 is 30.5. The molecule has 5 aromatic carbocycles. The van der Waals surface area contributed by atoms with Crippen LogP contribution in [0.3, 0.4) is 0 Å². The van der Waals surface area contributed by atoms with E-state index in [1.165, 1.54) is 0 Å². The topological polar surface area (TPSA) is 161 Å². The van der Waals surface area contributed by atoms with Crippen LogP contribution in [-0.4, -0.2) is 62.2 Å². The number of esters is 6. The number of carbonyl (C=O) groups excluding carboxylic acids is 6. The van der Waals surface area contributed by atoms with Gasteiger partial charge in [-0.1, -0.05) is 104 Å². The highest BCUT2D eigenvalue weighted by atomic mass is 16.6. The highest BCUT2D eigenvalue weighted by molar-refractivity contribution is 5.82. The number of rotatable bonds is 23. The molecule has 5 aromatic rings. The third-order valence-corrected chi connectivity index (χ3v) is 9.89. The number of para-hydroxylation sites is 1. The summed E-state index contributed by atoms with van der Waals surface area (Å²) in [7, 11) is 0. The first-order valence-corrected chi connectivity index (χ1v) is 21.0. The van der Waals surface area contributed by atoms with E-state index in [1.807, 2.05) is 66.7 Å². The molecule has 0 fully saturated rings. The smallest absolute Gasteiger partial charge is 0.330 e. The Morgan fingerprint density at radius 3 is 1.09 bits per heavy atom. The van der Waals surface area contributed by atoms with Crippen LogP contribution in [-0.2, 0) is 57.2 Å². The number of hydrogen-bond acceptors (Lipinski definition) is 13. The Hall–Kier alpha value is -7.80. The standard InChI is InChI=1S/C52H51NO12/c1-5-47(54)60-32-34-62-49(56)28-30-51(58)64-36(3)38-12-16-40(17-13-38)42-20-24-45(25-21-42)53(44-10-8-7-9-11-44)46-26-22-43(23-27-46)41-18-14-39(15-19-41)37(4)65-52(59)31-29-50(57)63-35-33-61-48(55)6-2/h5-27,36-37H,1-2,28-35H2,3-4H3. The number of hydrogen-bond donors (Lipinski definition) is 0. The number of ether oxygens (including phenoxy) is 6. The number of benzene rings is 5. The molecule has 0 heterocycles. The van der Waals surface area contributed by atoms with Gasteiger partial charge in [0.2, 0.25) is 0 Å². The fourth-order valence-corrected chi connectivity index (χ4v) is 6.44. The molecule has 2 atom stereocenters. The molecular weight excluding hydrogens is 831 g/mol. The lowest BCUT2D eigenvalue weighted by Crippen LogP contribution is -2.15. The predicted octanol–water partition coefficient (Wildman–Crippen LogP) is 9.80. The van der Waals surface area contributed by atoms with Crippen molar-refractivity contribution in [1.82, 2.24) is 0 Å². The van der Waals surface area contributed by atoms with Gasteiger partial charge in [0.1, 0.15) is 38.6 Å². The van der Waals surface area contributed by atoms with Crippen molar-refractivity contribution >= 4 is 52.9 Å². The molecule has 0 aliphatic heterocycles. The third kappa shape index (κ3) is 15.2. The lowest BCUT2D eigenvalue weighted by Gasteiger charge is -2.26. The molecule has 0 saturated carbocycles. The molecule has 0 bridgehead atoms. The summed E-state index contributed by atoms with van der Waals surface area (Å²) in [5.41, 5.74) is 8.47. The van der Waals surface area contributed by atoms with Crippen LogP contribution < -0.4 is 4.90 Å². The van der Waals surface area contributed by atoms with E-state index in [1.54, 1.807) is 13.8 Å². The van der Waals surface area contributed by atoms with E-state index in [-0.39, 0.29) is 52.1 Å². The molecule has 0 N–H and O–H groups in total. The molecule has 0 radical (unpaired) electrons. The van der Waals surface area contributed by atoms with Crippen LogP contribution in [0.2, 0.25) is 0 Å². The van der Waals surface area contributed by atoms with Gasteiger partial charge in [-0.3, -0.25) is 19.2 Å². The van der Waals surface area contributed by atoms with E-state index in [4.69, 9.17) is 28.4 Å². The fraction of sp³-hybridized carbons (Fsp3) is 0.231. The Labute approximate surface area is 378 Å². The van der Waals surface area contributed by atoms with Gasteiger partial charge in [-0.25, -0.2) is 9.59 Å². The number of anilines is 3. The van der Waals surface area contributed by atoms with Crippen molar-refractivity contribution in [1.29, 1.82) is 0 Å². The van der Waals surface area contributed by atoms with Gasteiger partial charge in [0.05, 0.1) is 25.7 Å². The van der Waals surface area contributed by atoms with Gasteiger partial charge in [0, 0.05) is 29.2 Å². The zero-order chi connectivity index (χ0) is 46.6. The number of carbonyl (C=O) groups is 6. The molecule has 65 heavy (non-hydrogen) atoms. The monoisotopic (exact) mass is 881 g/mol. The van der Waals surface area contributed by atoms with Crippen molar-refractivity contribution in [2.75, 3.05) is 31.3 Å². The van der Waals surface area contributed by atoms with Crippen molar-refractivity contribution in [3.05, 3.63) is 164 Å². The van der Waals surface area contributed by atoms with Crippen LogP contribution >= 0.6 is 0 Å². The van der Waals surface area contributed by atoms with Crippen LogP contribution in [0.1, 0.15) is 62.9 Å². The van der Waals surface area contributed by atoms with Gasteiger partial charge in [-0.2, -0.15) is 0 Å². The van der Waals surface area contributed by atoms with E-state index in [0.717, 1.165) is 62.6 Å². The summed E-state index contributed by atoms with van der Waals surface area (Å²) >= 11 is 0. The zero-order valence-electron chi connectivity index (χ0n) is 36.4. The summed E-state index contributed by atoms with van der Waals surface area (Å²) in [4.78, 5) is 73.0. The maximum atomic E-state index is 12.4. The van der Waals surface area contributed by atoms with E-state index in [0.29, 0.717) is 0 Å². The Balaban J connectivity index is 1.15. The molecule has 13 nitrogen and oxygen atoms in total. The maximum Gasteiger partial charge on any atom is 0.330 e. The molecule has 0 aromatic heterocycles. The van der Waals surface area contributed by atoms with Crippen molar-refractivity contribution in [2.45, 2.75) is 51.7 Å². The summed E-state index contributed by atoms with van der Waals surface area (Å²) in [6, 6.07) is 42.1. The Kier molecular flexibility index (Phi) is 18.4. The van der Waals surface area contributed by atoms with Gasteiger partial charge < -0.3 is 33.3 Å². The van der Waals surface area contributed by atoms with Gasteiger partial charge in [0.15, 0.2) is 0 Å². The molecule has 0 spiro atoms. The molecule has 0 aliphatic rings. The van der Waals surface area contributed by atoms with E-state index < -0.39 is 48.0 Å². The lowest BCUT2D eigenvalue weighted by molar-refractivity contribution is -0.154. The minimum atomic E-state index is -0.613. The Morgan fingerprint density at radius 2 is 0.738 bits per heavy atom. The van der Waals surface area contributed by atoms with Crippen molar-refractivity contribution in [3.63, 3.8) is 0 Å². The summed E-state index contributed by atoms with van der Waals surface area (Å²) in [6.07, 6.45) is 0.351. The first-order chi connectivity index (χ1) is 31.4. The Morgan fingerprint density at radius 1 is 0.431 bits per heavy atom. The van der Waals surface area contributed by atoms with Crippen LogP contribution in [0, 0.1) is 0 Å². The van der Waals surface area contributed by atoms with Crippen molar-refractivity contribution in [2.24, 2.45) is 0 Å². The van der Waals surface area contributed by atoms with Gasteiger partial charge in [0.25, 0.3) is 0 Å². The molecule has 0 saturated heterocycles. The highest BCUT2D eigenvalue weighted by Gasteiger charge is 2.18. The molecule has 0 aliphatic carbocycles. The molecule has 0 amide bonds. The first-order valence-electron chi connectivity index (χ1n) is 21.0. The third-order valence-electron chi connectivity index (χ3n) is 9.89. The zero-order valence-corrected chi connectivity index (χ0v) is 36.4. The second kappa shape index (κ2) is 24.7. The van der Waals surface area contributed by atoms with Crippen molar-refractivity contribution < 1.29 is 57.2 Å². The van der Waals surface area contributed by atoms with Gasteiger partial charge >= 0.3 is 35.8 Å². The number of nitrogens with zero attached hydrogens (tertiary/aromatic N) is 1. The largest absolute Gasteiger partial charge is 0.462 e. The molecule has 336 valence electrons. The first kappa shape index (κ1) is 48.2. The minimum absolute atomic E-state index is 0.0977. The maximum absolute atomic E-state index is 12.4. The van der Waals surface area contributed by atoms with E-state index in [2.05, 4.69) is 78.7 Å². The average Bonchev–Trinajstić information content (AvgIpc) is 3.33. The van der Waals surface area contributed by atoms with Crippen molar-refractivity contribution in [3.8, 4) is 22.3 Å². The van der Waals surface area contributed by atoms with E-state index in [9.17, 15) is 28.8 Å². The fourth-order valence-electron chi connectivity index (χ4n) is 6.44. The average molecular weight is 882 g/mol. The lowest BCUT2D eigenvalue weighted by atomic mass is 10.0. The Bertz CT molecular complexity index is 2240. The predicted molar refractivity (Wildman–Crippen MR) is 244 cm³/mol. The molecule has 5 rings (SSSR count). The van der Waals surface area contributed by atoms with Gasteiger partial charge in [-0.15, -0.1) is 0 Å². The van der Waals surface area contributed by atoms with Gasteiger partial charge in [-0.05, 0) is 83.6 Å². The minimum Gasteiger partial charge on any atom is -0.462 e.